The summed E-state index contributed by atoms with van der Waals surface area (Å²) < 4.78 is 0.799. The Balaban J connectivity index is 2.07. The second-order valence-corrected chi connectivity index (χ2v) is 6.37. The summed E-state index contributed by atoms with van der Waals surface area (Å²) in [4.78, 5) is 18.8. The van der Waals surface area contributed by atoms with Crippen LogP contribution in [0.5, 0.6) is 0 Å². The fraction of sp³-hybridized carbons (Fsp3) is 0.571. The number of likely N-dealkylation sites (N-methyl/N-ethyl adjacent to an activating group) is 1. The molecule has 0 atom stereocenters. The standard InChI is InChI=1S/C14H21BrN4O/c1-16-12-11(7-10(15)8-17-12)13(20)18-9-14(19(2)3)5-4-6-14/h7-8H,4-6,9H2,1-3H3,(H,16,17)(H,18,20). The molecule has 1 saturated carbocycles. The lowest BCUT2D eigenvalue weighted by Crippen LogP contribution is -2.57. The summed E-state index contributed by atoms with van der Waals surface area (Å²) in [5, 5.41) is 5.99. The topological polar surface area (TPSA) is 57.3 Å². The van der Waals surface area contributed by atoms with Crippen LogP contribution in [0.3, 0.4) is 0 Å². The number of anilines is 1. The molecule has 0 spiro atoms. The van der Waals surface area contributed by atoms with Gasteiger partial charge in [-0.2, -0.15) is 0 Å². The van der Waals surface area contributed by atoms with Gasteiger partial charge in [-0.1, -0.05) is 0 Å². The number of carbonyl (C=O) groups excluding carboxylic acids is 1. The average Bonchev–Trinajstić information content (AvgIpc) is 2.36. The van der Waals surface area contributed by atoms with Crippen molar-refractivity contribution in [2.24, 2.45) is 0 Å². The average molecular weight is 341 g/mol. The van der Waals surface area contributed by atoms with Gasteiger partial charge < -0.3 is 15.5 Å². The fourth-order valence-corrected chi connectivity index (χ4v) is 2.85. The van der Waals surface area contributed by atoms with Gasteiger partial charge in [-0.05, 0) is 55.4 Å². The second-order valence-electron chi connectivity index (χ2n) is 5.45. The largest absolute Gasteiger partial charge is 0.372 e. The minimum absolute atomic E-state index is 0.0868. The van der Waals surface area contributed by atoms with Gasteiger partial charge in [-0.15, -0.1) is 0 Å². The van der Waals surface area contributed by atoms with Gasteiger partial charge in [0.25, 0.3) is 5.91 Å². The summed E-state index contributed by atoms with van der Waals surface area (Å²) in [6.07, 6.45) is 5.18. The lowest BCUT2D eigenvalue weighted by atomic mass is 9.75. The maximum Gasteiger partial charge on any atom is 0.255 e. The number of carbonyl (C=O) groups is 1. The van der Waals surface area contributed by atoms with Crippen LogP contribution in [0.1, 0.15) is 29.6 Å². The molecule has 1 aromatic rings. The van der Waals surface area contributed by atoms with E-state index in [0.29, 0.717) is 17.9 Å². The van der Waals surface area contributed by atoms with Crippen LogP contribution in [-0.4, -0.2) is 49.0 Å². The summed E-state index contributed by atoms with van der Waals surface area (Å²) in [7, 11) is 5.91. The number of hydrogen-bond acceptors (Lipinski definition) is 4. The Hall–Kier alpha value is -1.14. The highest BCUT2D eigenvalue weighted by Crippen LogP contribution is 2.35. The minimum Gasteiger partial charge on any atom is -0.372 e. The Bertz CT molecular complexity index is 500. The van der Waals surface area contributed by atoms with Crippen molar-refractivity contribution in [1.29, 1.82) is 0 Å². The van der Waals surface area contributed by atoms with E-state index in [0.717, 1.165) is 17.3 Å². The lowest BCUT2D eigenvalue weighted by Gasteiger charge is -2.47. The van der Waals surface area contributed by atoms with Crippen LogP contribution in [0.4, 0.5) is 5.82 Å². The molecule has 2 N–H and O–H groups in total. The van der Waals surface area contributed by atoms with E-state index in [4.69, 9.17) is 0 Å². The zero-order chi connectivity index (χ0) is 14.8. The zero-order valence-electron chi connectivity index (χ0n) is 12.2. The van der Waals surface area contributed by atoms with E-state index in [1.165, 1.54) is 6.42 Å². The van der Waals surface area contributed by atoms with E-state index in [1.54, 1.807) is 19.3 Å². The molecule has 1 aromatic heterocycles. The number of rotatable bonds is 5. The van der Waals surface area contributed by atoms with Gasteiger partial charge in [-0.25, -0.2) is 4.98 Å². The quantitative estimate of drug-likeness (QED) is 0.861. The summed E-state index contributed by atoms with van der Waals surface area (Å²) >= 11 is 3.35. The van der Waals surface area contributed by atoms with Crippen LogP contribution in [0.15, 0.2) is 16.7 Å². The third-order valence-electron chi connectivity index (χ3n) is 4.15. The van der Waals surface area contributed by atoms with Crippen molar-refractivity contribution in [3.63, 3.8) is 0 Å². The van der Waals surface area contributed by atoms with Gasteiger partial charge in [-0.3, -0.25) is 4.79 Å². The first-order valence-corrected chi connectivity index (χ1v) is 7.57. The summed E-state index contributed by atoms with van der Waals surface area (Å²) in [6.45, 7) is 0.675. The molecule has 0 radical (unpaired) electrons. The number of nitrogens with one attached hydrogen (secondary N) is 2. The molecular weight excluding hydrogens is 320 g/mol. The van der Waals surface area contributed by atoms with Crippen molar-refractivity contribution in [3.05, 3.63) is 22.3 Å². The molecule has 110 valence electrons. The van der Waals surface area contributed by atoms with Crippen LogP contribution >= 0.6 is 15.9 Å². The Labute approximate surface area is 128 Å². The van der Waals surface area contributed by atoms with Crippen molar-refractivity contribution < 1.29 is 4.79 Å². The maximum absolute atomic E-state index is 12.4. The highest BCUT2D eigenvalue weighted by atomic mass is 79.9. The second kappa shape index (κ2) is 6.10. The third-order valence-corrected chi connectivity index (χ3v) is 4.58. The van der Waals surface area contributed by atoms with E-state index >= 15 is 0 Å². The molecule has 1 heterocycles. The molecule has 1 aliphatic rings. The molecule has 1 aliphatic carbocycles. The van der Waals surface area contributed by atoms with Crippen molar-refractivity contribution in [3.8, 4) is 0 Å². The minimum atomic E-state index is -0.0868. The Kier molecular flexibility index (Phi) is 4.65. The first kappa shape index (κ1) is 15.3. The van der Waals surface area contributed by atoms with Crippen molar-refractivity contribution in [1.82, 2.24) is 15.2 Å². The number of aromatic nitrogens is 1. The summed E-state index contributed by atoms with van der Waals surface area (Å²) in [5.41, 5.74) is 0.685. The van der Waals surface area contributed by atoms with E-state index in [-0.39, 0.29) is 11.4 Å². The van der Waals surface area contributed by atoms with Gasteiger partial charge in [0, 0.05) is 29.8 Å². The molecule has 1 amide bonds. The van der Waals surface area contributed by atoms with Gasteiger partial charge in [0.15, 0.2) is 0 Å². The zero-order valence-corrected chi connectivity index (χ0v) is 13.7. The number of amides is 1. The molecule has 6 heteroatoms. The predicted molar refractivity (Wildman–Crippen MR) is 84.1 cm³/mol. The third kappa shape index (κ3) is 2.96. The van der Waals surface area contributed by atoms with Crippen LogP contribution in [-0.2, 0) is 0 Å². The molecule has 0 aliphatic heterocycles. The first-order valence-electron chi connectivity index (χ1n) is 6.77. The Morgan fingerprint density at radius 1 is 1.50 bits per heavy atom. The predicted octanol–water partition coefficient (Wildman–Crippen LogP) is 2.10. The number of hydrogen-bond donors (Lipinski definition) is 2. The number of halogens is 1. The van der Waals surface area contributed by atoms with Gasteiger partial charge in [0.1, 0.15) is 5.82 Å². The smallest absolute Gasteiger partial charge is 0.255 e. The maximum atomic E-state index is 12.4. The molecular formula is C14H21BrN4O. The molecule has 2 rings (SSSR count). The highest BCUT2D eigenvalue weighted by molar-refractivity contribution is 9.10. The number of nitrogens with zero attached hydrogens (tertiary/aromatic N) is 2. The molecule has 0 saturated heterocycles. The van der Waals surface area contributed by atoms with Crippen molar-refractivity contribution >= 4 is 27.7 Å². The monoisotopic (exact) mass is 340 g/mol. The highest BCUT2D eigenvalue weighted by Gasteiger charge is 2.39. The molecule has 0 aromatic carbocycles. The lowest BCUT2D eigenvalue weighted by molar-refractivity contribution is 0.0558. The Morgan fingerprint density at radius 3 is 2.70 bits per heavy atom. The van der Waals surface area contributed by atoms with E-state index < -0.39 is 0 Å². The summed E-state index contributed by atoms with van der Waals surface area (Å²) in [6, 6.07) is 1.79. The van der Waals surface area contributed by atoms with Crippen LogP contribution in [0.2, 0.25) is 0 Å². The first-order chi connectivity index (χ1) is 9.48. The molecule has 0 unspecified atom stereocenters. The molecule has 0 bridgehead atoms. The summed E-state index contributed by atoms with van der Waals surface area (Å²) in [5.74, 6) is 0.509. The van der Waals surface area contributed by atoms with Gasteiger partial charge in [0.2, 0.25) is 0 Å². The van der Waals surface area contributed by atoms with Crippen molar-refractivity contribution in [2.75, 3.05) is 33.0 Å². The van der Waals surface area contributed by atoms with E-state index in [9.17, 15) is 4.79 Å². The molecule has 20 heavy (non-hydrogen) atoms. The van der Waals surface area contributed by atoms with Crippen LogP contribution in [0, 0.1) is 0 Å². The van der Waals surface area contributed by atoms with Crippen LogP contribution < -0.4 is 10.6 Å². The number of pyridine rings is 1. The molecule has 5 nitrogen and oxygen atoms in total. The van der Waals surface area contributed by atoms with Gasteiger partial charge >= 0.3 is 0 Å². The van der Waals surface area contributed by atoms with E-state index in [2.05, 4.69) is 50.5 Å². The Morgan fingerprint density at radius 2 is 2.20 bits per heavy atom. The van der Waals surface area contributed by atoms with E-state index in [1.807, 2.05) is 0 Å². The fourth-order valence-electron chi connectivity index (χ4n) is 2.52. The van der Waals surface area contributed by atoms with Crippen LogP contribution in [0.25, 0.3) is 0 Å². The van der Waals surface area contributed by atoms with Gasteiger partial charge in [0.05, 0.1) is 5.56 Å². The normalized spacial score (nSPS) is 16.6. The SMILES string of the molecule is CNc1ncc(Br)cc1C(=O)NCC1(N(C)C)CCC1. The van der Waals surface area contributed by atoms with Crippen molar-refractivity contribution in [2.45, 2.75) is 24.8 Å². The molecule has 1 fully saturated rings.